The van der Waals surface area contributed by atoms with E-state index in [-0.39, 0.29) is 5.91 Å². The van der Waals surface area contributed by atoms with Gasteiger partial charge >= 0.3 is 0 Å². The Morgan fingerprint density at radius 1 is 1.38 bits per heavy atom. The fraction of sp³-hybridized carbons (Fsp3) is 0.625. The predicted octanol–water partition coefficient (Wildman–Crippen LogP) is 3.82. The van der Waals surface area contributed by atoms with Crippen LogP contribution in [-0.4, -0.2) is 35.9 Å². The van der Waals surface area contributed by atoms with Crippen LogP contribution in [0.3, 0.4) is 0 Å². The first kappa shape index (κ1) is 16.1. The first-order chi connectivity index (χ1) is 10.0. The maximum absolute atomic E-state index is 12.7. The van der Waals surface area contributed by atoms with Gasteiger partial charge in [0.1, 0.15) is 5.82 Å². The second-order valence-electron chi connectivity index (χ2n) is 5.80. The number of carbonyl (C=O) groups excluding carboxylic acids is 1. The van der Waals surface area contributed by atoms with Gasteiger partial charge in [0.2, 0.25) is 0 Å². The van der Waals surface area contributed by atoms with E-state index in [0.29, 0.717) is 21.8 Å². The van der Waals surface area contributed by atoms with Crippen molar-refractivity contribution < 1.29 is 4.79 Å². The van der Waals surface area contributed by atoms with Crippen LogP contribution in [0.1, 0.15) is 49.9 Å². The van der Waals surface area contributed by atoms with Gasteiger partial charge < -0.3 is 10.2 Å². The Labute approximate surface area is 131 Å². The van der Waals surface area contributed by atoms with E-state index in [9.17, 15) is 4.79 Å². The molecule has 1 amide bonds. The predicted molar refractivity (Wildman–Crippen MR) is 86.9 cm³/mol. The van der Waals surface area contributed by atoms with Gasteiger partial charge in [-0.3, -0.25) is 4.79 Å². The highest BCUT2D eigenvalue weighted by Crippen LogP contribution is 2.38. The number of aromatic nitrogens is 1. The van der Waals surface area contributed by atoms with E-state index in [1.165, 1.54) is 19.0 Å². The number of rotatable bonds is 4. The molecule has 2 heterocycles. The lowest BCUT2D eigenvalue weighted by atomic mass is 9.74. The Bertz CT molecular complexity index is 504. The molecule has 1 N–H and O–H groups in total. The second kappa shape index (κ2) is 6.65. The quantitative estimate of drug-likeness (QED) is 0.919. The number of anilines is 1. The maximum atomic E-state index is 12.7. The van der Waals surface area contributed by atoms with Gasteiger partial charge in [0.15, 0.2) is 0 Å². The van der Waals surface area contributed by atoms with Crippen molar-refractivity contribution in [1.82, 2.24) is 9.88 Å². The van der Waals surface area contributed by atoms with Crippen molar-refractivity contribution in [1.29, 1.82) is 0 Å². The van der Waals surface area contributed by atoms with Crippen molar-refractivity contribution in [3.8, 4) is 0 Å². The molecule has 0 unspecified atom stereocenters. The summed E-state index contributed by atoms with van der Waals surface area (Å²) in [4.78, 5) is 18.7. The first-order valence-corrected chi connectivity index (χ1v) is 8.05. The Hall–Kier alpha value is -1.29. The van der Waals surface area contributed by atoms with E-state index in [0.717, 1.165) is 25.9 Å². The first-order valence-electron chi connectivity index (χ1n) is 7.68. The number of hydrogen-bond donors (Lipinski definition) is 1. The molecule has 0 saturated carbocycles. The molecule has 5 heteroatoms. The third-order valence-corrected chi connectivity index (χ3v) is 5.25. The Morgan fingerprint density at radius 2 is 2.00 bits per heavy atom. The average Bonchev–Trinajstić information content (AvgIpc) is 2.55. The zero-order chi connectivity index (χ0) is 15.5. The molecule has 0 spiro atoms. The van der Waals surface area contributed by atoms with E-state index in [1.807, 2.05) is 4.90 Å². The zero-order valence-corrected chi connectivity index (χ0v) is 13.8. The lowest BCUT2D eigenvalue weighted by Gasteiger charge is -2.41. The molecule has 1 saturated heterocycles. The molecule has 1 aliphatic heterocycles. The molecule has 0 radical (unpaired) electrons. The topological polar surface area (TPSA) is 45.2 Å². The minimum atomic E-state index is 0.0136. The molecule has 4 nitrogen and oxygen atoms in total. The van der Waals surface area contributed by atoms with Gasteiger partial charge in [-0.15, -0.1) is 0 Å². The molecule has 0 aromatic carbocycles. The molecule has 21 heavy (non-hydrogen) atoms. The standard InChI is InChI=1S/C16H24ClN3O/c1-4-16(5-2)6-8-20(9-7-16)15(21)12-10-14(18-3)19-11-13(12)17/h10-11H,4-9H2,1-3H3,(H,18,19). The van der Waals surface area contributed by atoms with Crippen LogP contribution >= 0.6 is 11.6 Å². The third kappa shape index (κ3) is 3.31. The number of amides is 1. The number of halogens is 1. The number of nitrogens with one attached hydrogen (secondary N) is 1. The number of carbonyl (C=O) groups is 1. The van der Waals surface area contributed by atoms with Gasteiger partial charge in [-0.05, 0) is 24.3 Å². The second-order valence-corrected chi connectivity index (χ2v) is 6.21. The van der Waals surface area contributed by atoms with Gasteiger partial charge in [0.05, 0.1) is 10.6 Å². The fourth-order valence-electron chi connectivity index (χ4n) is 3.05. The molecule has 0 atom stereocenters. The number of hydrogen-bond acceptors (Lipinski definition) is 3. The summed E-state index contributed by atoms with van der Waals surface area (Å²) in [5.74, 6) is 0.677. The van der Waals surface area contributed by atoms with Crippen LogP contribution < -0.4 is 5.32 Å². The summed E-state index contributed by atoms with van der Waals surface area (Å²) in [6.07, 6.45) is 6.06. The average molecular weight is 310 g/mol. The minimum Gasteiger partial charge on any atom is -0.373 e. The van der Waals surface area contributed by atoms with Crippen LogP contribution in [0.4, 0.5) is 5.82 Å². The Balaban J connectivity index is 2.12. The van der Waals surface area contributed by atoms with Gasteiger partial charge in [0.25, 0.3) is 5.91 Å². The highest BCUT2D eigenvalue weighted by Gasteiger charge is 2.33. The van der Waals surface area contributed by atoms with Gasteiger partial charge in [-0.1, -0.05) is 38.3 Å². The van der Waals surface area contributed by atoms with Gasteiger partial charge in [0, 0.05) is 26.3 Å². The zero-order valence-electron chi connectivity index (χ0n) is 13.1. The van der Waals surface area contributed by atoms with E-state index < -0.39 is 0 Å². The van der Waals surface area contributed by atoms with Gasteiger partial charge in [-0.25, -0.2) is 4.98 Å². The Kier molecular flexibility index (Phi) is 5.09. The van der Waals surface area contributed by atoms with Crippen LogP contribution in [0.25, 0.3) is 0 Å². The van der Waals surface area contributed by atoms with Crippen LogP contribution in [0, 0.1) is 5.41 Å². The summed E-state index contributed by atoms with van der Waals surface area (Å²) in [5.41, 5.74) is 0.950. The monoisotopic (exact) mass is 309 g/mol. The molecular formula is C16H24ClN3O. The molecule has 2 rings (SSSR count). The molecule has 1 aromatic rings. The van der Waals surface area contributed by atoms with Crippen molar-refractivity contribution in [3.63, 3.8) is 0 Å². The van der Waals surface area contributed by atoms with Crippen molar-refractivity contribution >= 4 is 23.3 Å². The number of nitrogens with zero attached hydrogens (tertiary/aromatic N) is 2. The lowest BCUT2D eigenvalue weighted by molar-refractivity contribution is 0.0558. The smallest absolute Gasteiger partial charge is 0.255 e. The third-order valence-electron chi connectivity index (χ3n) is 4.95. The van der Waals surface area contributed by atoms with E-state index >= 15 is 0 Å². The van der Waals surface area contributed by atoms with Crippen molar-refractivity contribution in [3.05, 3.63) is 22.8 Å². The number of pyridine rings is 1. The van der Waals surface area contributed by atoms with Crippen LogP contribution in [-0.2, 0) is 0 Å². The van der Waals surface area contributed by atoms with Crippen molar-refractivity contribution in [2.45, 2.75) is 39.5 Å². The van der Waals surface area contributed by atoms with E-state index in [2.05, 4.69) is 24.1 Å². The molecule has 116 valence electrons. The van der Waals surface area contributed by atoms with Crippen molar-refractivity contribution in [2.75, 3.05) is 25.5 Å². The Morgan fingerprint density at radius 3 is 2.52 bits per heavy atom. The lowest BCUT2D eigenvalue weighted by Crippen LogP contribution is -2.42. The number of piperidine rings is 1. The highest BCUT2D eigenvalue weighted by molar-refractivity contribution is 6.33. The molecular weight excluding hydrogens is 286 g/mol. The SMILES string of the molecule is CCC1(CC)CCN(C(=O)c2cc(NC)ncc2Cl)CC1. The van der Waals surface area contributed by atoms with E-state index in [4.69, 9.17) is 11.6 Å². The molecule has 0 aliphatic carbocycles. The summed E-state index contributed by atoms with van der Waals surface area (Å²) in [5, 5.41) is 3.36. The number of likely N-dealkylation sites (tertiary alicyclic amines) is 1. The summed E-state index contributed by atoms with van der Waals surface area (Å²) < 4.78 is 0. The summed E-state index contributed by atoms with van der Waals surface area (Å²) >= 11 is 6.14. The molecule has 1 fully saturated rings. The van der Waals surface area contributed by atoms with Crippen LogP contribution in [0.5, 0.6) is 0 Å². The van der Waals surface area contributed by atoms with Crippen molar-refractivity contribution in [2.24, 2.45) is 5.41 Å². The van der Waals surface area contributed by atoms with Crippen LogP contribution in [0.2, 0.25) is 5.02 Å². The normalized spacial score (nSPS) is 17.6. The summed E-state index contributed by atoms with van der Waals surface area (Å²) in [6.45, 7) is 6.13. The van der Waals surface area contributed by atoms with E-state index in [1.54, 1.807) is 13.1 Å². The summed E-state index contributed by atoms with van der Waals surface area (Å²) in [7, 11) is 1.78. The maximum Gasteiger partial charge on any atom is 0.255 e. The largest absolute Gasteiger partial charge is 0.373 e. The fourth-order valence-corrected chi connectivity index (χ4v) is 3.24. The molecule has 1 aliphatic rings. The molecule has 1 aromatic heterocycles. The van der Waals surface area contributed by atoms with Crippen LogP contribution in [0.15, 0.2) is 12.3 Å². The summed E-state index contributed by atoms with van der Waals surface area (Å²) in [6, 6.07) is 1.73. The van der Waals surface area contributed by atoms with Gasteiger partial charge in [-0.2, -0.15) is 0 Å². The molecule has 0 bridgehead atoms. The minimum absolute atomic E-state index is 0.0136. The highest BCUT2D eigenvalue weighted by atomic mass is 35.5.